The molecule has 4 rings (SSSR count). The summed E-state index contributed by atoms with van der Waals surface area (Å²) >= 11 is 0.984. The molecule has 0 spiro atoms. The molecule has 9 nitrogen and oxygen atoms in total. The summed E-state index contributed by atoms with van der Waals surface area (Å²) in [5.74, 6) is 7.22. The molecule has 0 saturated heterocycles. The van der Waals surface area contributed by atoms with Gasteiger partial charge in [-0.3, -0.25) is 5.10 Å². The van der Waals surface area contributed by atoms with E-state index < -0.39 is 10.0 Å². The van der Waals surface area contributed by atoms with E-state index >= 15 is 0 Å². The zero-order chi connectivity index (χ0) is 19.7. The minimum atomic E-state index is -3.79. The number of aromatic nitrogens is 4. The van der Waals surface area contributed by atoms with Gasteiger partial charge in [-0.05, 0) is 25.0 Å². The highest BCUT2D eigenvalue weighted by Crippen LogP contribution is 2.39. The van der Waals surface area contributed by atoms with Crippen LogP contribution in [0.2, 0.25) is 0 Å². The van der Waals surface area contributed by atoms with Crippen molar-refractivity contribution < 1.29 is 20.7 Å². The van der Waals surface area contributed by atoms with Crippen LogP contribution in [0.5, 0.6) is 0 Å². The van der Waals surface area contributed by atoms with Crippen molar-refractivity contribution in [3.8, 4) is 22.5 Å². The second-order valence-corrected chi connectivity index (χ2v) is 9.06. The number of primary sulfonamides is 1. The van der Waals surface area contributed by atoms with Gasteiger partial charge in [-0.25, -0.2) is 23.5 Å². The van der Waals surface area contributed by atoms with Crippen LogP contribution in [-0.4, -0.2) is 40.3 Å². The van der Waals surface area contributed by atoms with Crippen LogP contribution in [0.3, 0.4) is 0 Å². The molecular weight excluding hydrogens is 400 g/mol. The lowest BCUT2D eigenvalue weighted by molar-refractivity contribution is 0.350. The van der Waals surface area contributed by atoms with Gasteiger partial charge >= 0.3 is 0 Å². The van der Waals surface area contributed by atoms with Crippen LogP contribution in [0.15, 0.2) is 28.6 Å². The Morgan fingerprint density at radius 2 is 2.25 bits per heavy atom. The third-order valence-electron chi connectivity index (χ3n) is 4.03. The van der Waals surface area contributed by atoms with Crippen LogP contribution in [0, 0.1) is 11.8 Å². The maximum Gasteiger partial charge on any atom is 0.247 e. The summed E-state index contributed by atoms with van der Waals surface area (Å²) in [5.41, 5.74) is 1.55. The van der Waals surface area contributed by atoms with E-state index in [1.807, 2.05) is 6.07 Å². The van der Waals surface area contributed by atoms with Crippen molar-refractivity contribution in [3.05, 3.63) is 35.7 Å². The number of nitrogens with zero attached hydrogens (tertiary/aromatic N) is 3. The molecule has 3 aromatic rings. The predicted molar refractivity (Wildman–Crippen MR) is 115 cm³/mol. The third kappa shape index (κ3) is 4.05. The number of hydrogen-bond acceptors (Lipinski definition) is 8. The van der Waals surface area contributed by atoms with Crippen LogP contribution >= 0.6 is 11.3 Å². The highest BCUT2D eigenvalue weighted by Gasteiger charge is 2.25. The second-order valence-electron chi connectivity index (χ2n) is 6.19. The van der Waals surface area contributed by atoms with E-state index in [4.69, 9.17) is 10.2 Å². The topological polar surface area (TPSA) is 147 Å². The van der Waals surface area contributed by atoms with E-state index in [0.717, 1.165) is 29.9 Å². The number of nitrogens with one attached hydrogen (secondary N) is 2. The Bertz CT molecular complexity index is 1210. The van der Waals surface area contributed by atoms with Crippen LogP contribution < -0.4 is 10.5 Å². The van der Waals surface area contributed by atoms with Crippen LogP contribution in [-0.2, 0) is 10.0 Å². The normalized spacial score (nSPS) is 13.8. The van der Waals surface area contributed by atoms with Crippen molar-refractivity contribution in [2.45, 2.75) is 23.0 Å². The number of aliphatic hydroxyl groups excluding tert-OH is 1. The molecule has 0 atom stereocenters. The molecule has 0 aliphatic heterocycles. The third-order valence-corrected chi connectivity index (χ3v) is 6.55. The second kappa shape index (κ2) is 7.33. The minimum Gasteiger partial charge on any atom is -0.384 e. The highest BCUT2D eigenvalue weighted by atomic mass is 32.2. The van der Waals surface area contributed by atoms with Gasteiger partial charge in [0.25, 0.3) is 0 Å². The first-order valence-electron chi connectivity index (χ1n) is 8.36. The summed E-state index contributed by atoms with van der Waals surface area (Å²) in [7, 11) is -3.79. The Morgan fingerprint density at radius 3 is 2.93 bits per heavy atom. The number of anilines is 2. The standard InChI is InChI=1S/C17H16N6O3S2.5H2/c18-28(25,26)15-6-5-13(27-15)17-19-9-11(2-1-7-24)16(21-17)20-14-8-12(22-23-14)10-3-4-10;;;;;/h5-6,8-10,24H,3-4,7H2,(H2,18,25,26)(H2,19,20,21,22,23);5*1H. The number of aromatic amines is 1. The maximum atomic E-state index is 11.5. The molecule has 0 aromatic carbocycles. The van der Waals surface area contributed by atoms with E-state index in [1.165, 1.54) is 12.3 Å². The summed E-state index contributed by atoms with van der Waals surface area (Å²) < 4.78 is 23.0. The van der Waals surface area contributed by atoms with Gasteiger partial charge in [0, 0.05) is 31.0 Å². The van der Waals surface area contributed by atoms with E-state index in [0.29, 0.717) is 33.8 Å². The lowest BCUT2D eigenvalue weighted by Crippen LogP contribution is -2.09. The van der Waals surface area contributed by atoms with Crippen LogP contribution in [0.25, 0.3) is 10.7 Å². The van der Waals surface area contributed by atoms with Gasteiger partial charge in [0.05, 0.1) is 10.4 Å². The zero-order valence-corrected chi connectivity index (χ0v) is 16.1. The molecule has 0 bridgehead atoms. The summed E-state index contributed by atoms with van der Waals surface area (Å²) in [4.78, 5) is 9.28. The molecule has 1 aliphatic rings. The van der Waals surface area contributed by atoms with Crippen molar-refractivity contribution in [1.29, 1.82) is 0 Å². The summed E-state index contributed by atoms with van der Waals surface area (Å²) in [6, 6.07) is 4.94. The van der Waals surface area contributed by atoms with Crippen LogP contribution in [0.1, 0.15) is 37.2 Å². The molecule has 0 amide bonds. The molecule has 154 valence electrons. The van der Waals surface area contributed by atoms with E-state index in [-0.39, 0.29) is 17.9 Å². The van der Waals surface area contributed by atoms with Gasteiger partial charge in [-0.15, -0.1) is 11.3 Å². The molecule has 3 heterocycles. The molecule has 1 saturated carbocycles. The first kappa shape index (κ1) is 18.6. The molecule has 0 radical (unpaired) electrons. The van der Waals surface area contributed by atoms with E-state index in [2.05, 4.69) is 37.3 Å². The van der Waals surface area contributed by atoms with Crippen molar-refractivity contribution in [2.75, 3.05) is 11.9 Å². The molecular formula is C17H26N6O3S2. The molecule has 1 aliphatic carbocycles. The molecule has 28 heavy (non-hydrogen) atoms. The molecule has 0 unspecified atom stereocenters. The van der Waals surface area contributed by atoms with Gasteiger partial charge < -0.3 is 10.4 Å². The Morgan fingerprint density at radius 1 is 1.43 bits per heavy atom. The van der Waals surface area contributed by atoms with Crippen LogP contribution in [0.4, 0.5) is 11.6 Å². The molecule has 5 N–H and O–H groups in total. The summed E-state index contributed by atoms with van der Waals surface area (Å²) in [6.07, 6.45) is 3.81. The SMILES string of the molecule is NS(=O)(=O)c1ccc(-c2ncc(C#CCO)c(Nc3cc(C4CC4)[nH]n3)n2)s1.[HH].[HH].[HH].[HH].[HH]. The van der Waals surface area contributed by atoms with Gasteiger partial charge in [-0.2, -0.15) is 5.10 Å². The number of H-pyrrole nitrogens is 1. The number of hydrogen-bond donors (Lipinski definition) is 4. The highest BCUT2D eigenvalue weighted by molar-refractivity contribution is 7.91. The van der Waals surface area contributed by atoms with Gasteiger partial charge in [-0.1, -0.05) is 11.8 Å². The molecule has 3 aromatic heterocycles. The van der Waals surface area contributed by atoms with Gasteiger partial charge in [0.15, 0.2) is 17.5 Å². The summed E-state index contributed by atoms with van der Waals surface area (Å²) in [6.45, 7) is -0.294. The monoisotopic (exact) mass is 426 g/mol. The fourth-order valence-corrected chi connectivity index (χ4v) is 4.21. The van der Waals surface area contributed by atoms with Crippen molar-refractivity contribution in [1.82, 2.24) is 20.2 Å². The van der Waals surface area contributed by atoms with E-state index in [1.54, 1.807) is 6.07 Å². The van der Waals surface area contributed by atoms with Crippen molar-refractivity contribution in [3.63, 3.8) is 0 Å². The fraction of sp³-hybridized carbons (Fsp3) is 0.235. The average molecular weight is 427 g/mol. The largest absolute Gasteiger partial charge is 0.384 e. The lowest BCUT2D eigenvalue weighted by Gasteiger charge is -2.06. The fourth-order valence-electron chi connectivity index (χ4n) is 2.54. The smallest absolute Gasteiger partial charge is 0.247 e. The number of thiophene rings is 1. The first-order valence-corrected chi connectivity index (χ1v) is 10.7. The Hall–Kier alpha value is -2.78. The summed E-state index contributed by atoms with van der Waals surface area (Å²) in [5, 5.41) is 24.5. The minimum absolute atomic E-state index is 0. The predicted octanol–water partition coefficient (Wildman–Crippen LogP) is 2.77. The zero-order valence-electron chi connectivity index (χ0n) is 14.5. The molecule has 1 fully saturated rings. The van der Waals surface area contributed by atoms with Crippen molar-refractivity contribution >= 4 is 33.0 Å². The molecule has 11 heteroatoms. The number of sulfonamides is 1. The quantitative estimate of drug-likeness (QED) is 0.459. The Balaban J connectivity index is 0. The van der Waals surface area contributed by atoms with E-state index in [9.17, 15) is 8.42 Å². The lowest BCUT2D eigenvalue weighted by atomic mass is 10.2. The van der Waals surface area contributed by atoms with Gasteiger partial charge in [0.2, 0.25) is 10.0 Å². The van der Waals surface area contributed by atoms with Gasteiger partial charge in [0.1, 0.15) is 10.8 Å². The average Bonchev–Trinajstić information content (AvgIpc) is 3.18. The van der Waals surface area contributed by atoms with Crippen molar-refractivity contribution in [2.24, 2.45) is 5.14 Å². The first-order chi connectivity index (χ1) is 13.4. The Labute approximate surface area is 172 Å². The number of nitrogens with two attached hydrogens (primary N) is 1. The Kier molecular flexibility index (Phi) is 4.86. The number of aliphatic hydroxyl groups is 1. The number of rotatable bonds is 5. The maximum absolute atomic E-state index is 11.5.